The molecule has 1 aromatic heterocycles. The molecule has 0 fully saturated rings. The second-order valence-corrected chi connectivity index (χ2v) is 5.56. The predicted octanol–water partition coefficient (Wildman–Crippen LogP) is 1.25. The third-order valence-corrected chi connectivity index (χ3v) is 3.03. The second kappa shape index (κ2) is 5.33. The van der Waals surface area contributed by atoms with Gasteiger partial charge in [0, 0.05) is 31.7 Å². The normalized spacial score (nSPS) is 11.3. The van der Waals surface area contributed by atoms with E-state index in [1.165, 1.54) is 0 Å². The van der Waals surface area contributed by atoms with Crippen LogP contribution < -0.4 is 15.2 Å². The van der Waals surface area contributed by atoms with Crippen LogP contribution in [0.1, 0.15) is 5.56 Å². The first-order valence-corrected chi connectivity index (χ1v) is 7.22. The average molecular weight is 280 g/mol. The Labute approximate surface area is 112 Å². The summed E-state index contributed by atoms with van der Waals surface area (Å²) in [7, 11) is -1.78. The van der Waals surface area contributed by atoms with Gasteiger partial charge in [0.1, 0.15) is 0 Å². The number of hydrogen-bond acceptors (Lipinski definition) is 3. The first-order valence-electron chi connectivity index (χ1n) is 5.68. The Morgan fingerprint density at radius 2 is 2.00 bits per heavy atom. The van der Waals surface area contributed by atoms with Crippen molar-refractivity contribution in [1.29, 1.82) is 0 Å². The SMILES string of the molecule is Cn1ccc(CNc2cccc(NS(N)(=O)=O)c2)c1. The average Bonchev–Trinajstić information content (AvgIpc) is 2.71. The number of aromatic nitrogens is 1. The minimum absolute atomic E-state index is 0.431. The lowest BCUT2D eigenvalue weighted by molar-refractivity contribution is 0.603. The van der Waals surface area contributed by atoms with Crippen LogP contribution in [0.5, 0.6) is 0 Å². The van der Waals surface area contributed by atoms with Crippen molar-refractivity contribution in [3.8, 4) is 0 Å². The third-order valence-electron chi connectivity index (χ3n) is 2.51. The van der Waals surface area contributed by atoms with Crippen LogP contribution >= 0.6 is 0 Å². The van der Waals surface area contributed by atoms with Crippen molar-refractivity contribution in [3.63, 3.8) is 0 Å². The summed E-state index contributed by atoms with van der Waals surface area (Å²) in [6, 6.07) is 8.95. The lowest BCUT2D eigenvalue weighted by atomic mass is 10.2. The first-order chi connectivity index (χ1) is 8.92. The summed E-state index contributed by atoms with van der Waals surface area (Å²) >= 11 is 0. The van der Waals surface area contributed by atoms with Gasteiger partial charge in [-0.2, -0.15) is 8.42 Å². The van der Waals surface area contributed by atoms with Crippen LogP contribution in [0.15, 0.2) is 42.7 Å². The van der Waals surface area contributed by atoms with Crippen LogP contribution in [-0.2, 0) is 23.8 Å². The highest BCUT2D eigenvalue weighted by molar-refractivity contribution is 7.90. The van der Waals surface area contributed by atoms with Gasteiger partial charge >= 0.3 is 0 Å². The molecular formula is C12H16N4O2S. The molecule has 0 saturated heterocycles. The zero-order valence-corrected chi connectivity index (χ0v) is 11.3. The Balaban J connectivity index is 2.03. The Kier molecular flexibility index (Phi) is 3.77. The first kappa shape index (κ1) is 13.4. The van der Waals surface area contributed by atoms with E-state index in [4.69, 9.17) is 5.14 Å². The fourth-order valence-electron chi connectivity index (χ4n) is 1.73. The Morgan fingerprint density at radius 1 is 1.26 bits per heavy atom. The van der Waals surface area contributed by atoms with Crippen molar-refractivity contribution in [1.82, 2.24) is 4.57 Å². The van der Waals surface area contributed by atoms with Crippen LogP contribution in [0.25, 0.3) is 0 Å². The van der Waals surface area contributed by atoms with Gasteiger partial charge < -0.3 is 9.88 Å². The van der Waals surface area contributed by atoms with E-state index >= 15 is 0 Å². The van der Waals surface area contributed by atoms with Gasteiger partial charge in [0.15, 0.2) is 0 Å². The van der Waals surface area contributed by atoms with Crippen molar-refractivity contribution in [2.24, 2.45) is 12.2 Å². The molecule has 4 N–H and O–H groups in total. The fourth-order valence-corrected chi connectivity index (χ4v) is 2.18. The van der Waals surface area contributed by atoms with Crippen LogP contribution in [-0.4, -0.2) is 13.0 Å². The lowest BCUT2D eigenvalue weighted by Gasteiger charge is -2.08. The molecule has 0 saturated carbocycles. The van der Waals surface area contributed by atoms with Crippen molar-refractivity contribution in [3.05, 3.63) is 48.3 Å². The van der Waals surface area contributed by atoms with E-state index < -0.39 is 10.2 Å². The molecule has 102 valence electrons. The van der Waals surface area contributed by atoms with Crippen LogP contribution in [0.4, 0.5) is 11.4 Å². The fraction of sp³-hybridized carbons (Fsp3) is 0.167. The van der Waals surface area contributed by atoms with Gasteiger partial charge in [0.05, 0.1) is 5.69 Å². The van der Waals surface area contributed by atoms with Crippen molar-refractivity contribution in [2.75, 3.05) is 10.0 Å². The van der Waals surface area contributed by atoms with E-state index in [2.05, 4.69) is 10.0 Å². The number of anilines is 2. The summed E-state index contributed by atoms with van der Waals surface area (Å²) in [6.07, 6.45) is 3.98. The topological polar surface area (TPSA) is 89.2 Å². The van der Waals surface area contributed by atoms with E-state index in [1.54, 1.807) is 18.2 Å². The number of hydrogen-bond donors (Lipinski definition) is 3. The summed E-state index contributed by atoms with van der Waals surface area (Å²) in [5, 5.41) is 8.13. The van der Waals surface area contributed by atoms with Crippen LogP contribution in [0.3, 0.4) is 0 Å². The van der Waals surface area contributed by atoms with E-state index in [0.717, 1.165) is 11.3 Å². The molecule has 19 heavy (non-hydrogen) atoms. The summed E-state index contributed by atoms with van der Waals surface area (Å²) in [4.78, 5) is 0. The molecule has 0 amide bonds. The number of rotatable bonds is 5. The number of nitrogens with one attached hydrogen (secondary N) is 2. The molecule has 0 bridgehead atoms. The maximum absolute atomic E-state index is 10.9. The molecule has 0 aliphatic heterocycles. The second-order valence-electron chi connectivity index (χ2n) is 4.27. The maximum atomic E-state index is 10.9. The minimum atomic E-state index is -3.74. The number of benzene rings is 1. The minimum Gasteiger partial charge on any atom is -0.381 e. The summed E-state index contributed by atoms with van der Waals surface area (Å²) in [6.45, 7) is 0.666. The summed E-state index contributed by atoms with van der Waals surface area (Å²) in [5.41, 5.74) is 2.39. The Bertz CT molecular complexity index is 664. The highest BCUT2D eigenvalue weighted by atomic mass is 32.2. The van der Waals surface area contributed by atoms with Crippen molar-refractivity contribution >= 4 is 21.6 Å². The molecule has 2 rings (SSSR count). The van der Waals surface area contributed by atoms with Gasteiger partial charge in [-0.3, -0.25) is 4.72 Å². The molecule has 0 radical (unpaired) electrons. The highest BCUT2D eigenvalue weighted by Crippen LogP contribution is 2.16. The Hall–Kier alpha value is -1.99. The smallest absolute Gasteiger partial charge is 0.296 e. The zero-order chi connectivity index (χ0) is 13.9. The van der Waals surface area contributed by atoms with E-state index in [1.807, 2.05) is 36.1 Å². The largest absolute Gasteiger partial charge is 0.381 e. The van der Waals surface area contributed by atoms with Crippen LogP contribution in [0.2, 0.25) is 0 Å². The van der Waals surface area contributed by atoms with Crippen molar-refractivity contribution in [2.45, 2.75) is 6.54 Å². The Morgan fingerprint density at radius 3 is 2.63 bits per heavy atom. The zero-order valence-electron chi connectivity index (χ0n) is 10.5. The number of nitrogens with two attached hydrogens (primary N) is 1. The van der Waals surface area contributed by atoms with Gasteiger partial charge in [-0.25, -0.2) is 5.14 Å². The summed E-state index contributed by atoms with van der Waals surface area (Å²) < 4.78 is 26.1. The molecule has 1 heterocycles. The maximum Gasteiger partial charge on any atom is 0.296 e. The predicted molar refractivity (Wildman–Crippen MR) is 75.9 cm³/mol. The monoisotopic (exact) mass is 280 g/mol. The van der Waals surface area contributed by atoms with Gasteiger partial charge in [-0.15, -0.1) is 0 Å². The molecule has 0 atom stereocenters. The van der Waals surface area contributed by atoms with Gasteiger partial charge in [0.2, 0.25) is 0 Å². The van der Waals surface area contributed by atoms with E-state index in [9.17, 15) is 8.42 Å². The molecule has 0 unspecified atom stereocenters. The van der Waals surface area contributed by atoms with Gasteiger partial charge in [-0.1, -0.05) is 6.07 Å². The molecule has 0 spiro atoms. The molecule has 6 nitrogen and oxygen atoms in total. The highest BCUT2D eigenvalue weighted by Gasteiger charge is 2.03. The molecule has 0 aliphatic rings. The lowest BCUT2D eigenvalue weighted by Crippen LogP contribution is -2.21. The van der Waals surface area contributed by atoms with Gasteiger partial charge in [0.25, 0.3) is 10.2 Å². The molecule has 7 heteroatoms. The summed E-state index contributed by atoms with van der Waals surface area (Å²) in [5.74, 6) is 0. The molecule has 0 aliphatic carbocycles. The van der Waals surface area contributed by atoms with E-state index in [-0.39, 0.29) is 0 Å². The molecular weight excluding hydrogens is 264 g/mol. The number of nitrogens with zero attached hydrogens (tertiary/aromatic N) is 1. The van der Waals surface area contributed by atoms with Crippen LogP contribution in [0, 0.1) is 0 Å². The molecule has 1 aromatic carbocycles. The van der Waals surface area contributed by atoms with E-state index in [0.29, 0.717) is 12.2 Å². The standard InChI is InChI=1S/C12H16N4O2S/c1-16-6-5-10(9-16)8-14-11-3-2-4-12(7-11)15-19(13,17)18/h2-7,9,14-15H,8H2,1H3,(H2,13,17,18). The van der Waals surface area contributed by atoms with Crippen molar-refractivity contribution < 1.29 is 8.42 Å². The molecule has 2 aromatic rings. The number of aryl methyl sites for hydroxylation is 1. The third kappa shape index (κ3) is 4.31. The quantitative estimate of drug-likeness (QED) is 0.770. The van der Waals surface area contributed by atoms with Gasteiger partial charge in [-0.05, 0) is 29.8 Å².